The largest absolute Gasteiger partial charge is 0.464 e. The van der Waals surface area contributed by atoms with Crippen molar-refractivity contribution in [1.29, 1.82) is 0 Å². The normalized spacial score (nSPS) is 18.4. The quantitative estimate of drug-likeness (QED) is 0.691. The standard InChI is InChI=1S/C13H25NO2/c1-13(2,3)11-12(15)16-10-9-14-7-5-4-6-8-14/h4-11H2,1-3H3. The second kappa shape index (κ2) is 6.24. The fraction of sp³-hybridized carbons (Fsp3) is 0.923. The highest BCUT2D eigenvalue weighted by molar-refractivity contribution is 5.70. The molecule has 0 spiro atoms. The van der Waals surface area contributed by atoms with Crippen LogP contribution in [0.4, 0.5) is 0 Å². The van der Waals surface area contributed by atoms with Crippen molar-refractivity contribution >= 4 is 5.97 Å². The van der Waals surface area contributed by atoms with Gasteiger partial charge in [-0.2, -0.15) is 0 Å². The molecule has 0 aromatic rings. The highest BCUT2D eigenvalue weighted by Gasteiger charge is 2.17. The molecule has 0 N–H and O–H groups in total. The van der Waals surface area contributed by atoms with Gasteiger partial charge in [0.05, 0.1) is 6.42 Å². The van der Waals surface area contributed by atoms with Crippen LogP contribution in [0.3, 0.4) is 0 Å². The van der Waals surface area contributed by atoms with Crippen LogP contribution in [0.25, 0.3) is 0 Å². The molecule has 0 aromatic heterocycles. The number of carbonyl (C=O) groups is 1. The molecule has 1 aliphatic rings. The third-order valence-electron chi connectivity index (χ3n) is 2.79. The zero-order valence-corrected chi connectivity index (χ0v) is 10.9. The van der Waals surface area contributed by atoms with Crippen LogP contribution < -0.4 is 0 Å². The van der Waals surface area contributed by atoms with Crippen molar-refractivity contribution in [3.63, 3.8) is 0 Å². The predicted octanol–water partition coefficient (Wildman–Crippen LogP) is 2.45. The SMILES string of the molecule is CC(C)(C)CC(=O)OCCN1CCCCC1. The molecule has 1 aliphatic heterocycles. The third kappa shape index (κ3) is 6.11. The molecular weight excluding hydrogens is 202 g/mol. The number of piperidine rings is 1. The lowest BCUT2D eigenvalue weighted by Gasteiger charge is -2.26. The number of ether oxygens (including phenoxy) is 1. The Hall–Kier alpha value is -0.570. The van der Waals surface area contributed by atoms with Gasteiger partial charge in [-0.1, -0.05) is 27.2 Å². The van der Waals surface area contributed by atoms with Gasteiger partial charge in [0.25, 0.3) is 0 Å². The average molecular weight is 227 g/mol. The Morgan fingerprint density at radius 1 is 1.19 bits per heavy atom. The summed E-state index contributed by atoms with van der Waals surface area (Å²) < 4.78 is 5.24. The lowest BCUT2D eigenvalue weighted by atomic mass is 9.92. The Labute approximate surface area is 99.1 Å². The van der Waals surface area contributed by atoms with Crippen LogP contribution in [-0.4, -0.2) is 37.1 Å². The van der Waals surface area contributed by atoms with Crippen LogP contribution in [0.5, 0.6) is 0 Å². The first-order chi connectivity index (χ1) is 7.47. The van der Waals surface area contributed by atoms with Crippen LogP contribution in [0, 0.1) is 5.41 Å². The van der Waals surface area contributed by atoms with Crippen molar-refractivity contribution in [2.75, 3.05) is 26.2 Å². The van der Waals surface area contributed by atoms with Gasteiger partial charge in [-0.25, -0.2) is 0 Å². The summed E-state index contributed by atoms with van der Waals surface area (Å²) in [6.45, 7) is 9.94. The second-order valence-corrected chi connectivity index (χ2v) is 5.86. The van der Waals surface area contributed by atoms with E-state index in [4.69, 9.17) is 4.74 Å². The number of rotatable bonds is 4. The molecule has 0 radical (unpaired) electrons. The van der Waals surface area contributed by atoms with Gasteiger partial charge in [-0.15, -0.1) is 0 Å². The fourth-order valence-electron chi connectivity index (χ4n) is 1.96. The summed E-state index contributed by atoms with van der Waals surface area (Å²) in [6, 6.07) is 0. The average Bonchev–Trinajstić information content (AvgIpc) is 2.16. The van der Waals surface area contributed by atoms with Crippen LogP contribution in [0.2, 0.25) is 0 Å². The van der Waals surface area contributed by atoms with Gasteiger partial charge in [-0.3, -0.25) is 9.69 Å². The maximum Gasteiger partial charge on any atom is 0.306 e. The molecule has 16 heavy (non-hydrogen) atoms. The smallest absolute Gasteiger partial charge is 0.306 e. The summed E-state index contributed by atoms with van der Waals surface area (Å²) >= 11 is 0. The minimum Gasteiger partial charge on any atom is -0.464 e. The number of esters is 1. The molecule has 1 fully saturated rings. The van der Waals surface area contributed by atoms with Crippen molar-refractivity contribution < 1.29 is 9.53 Å². The Balaban J connectivity index is 2.08. The van der Waals surface area contributed by atoms with Crippen LogP contribution in [-0.2, 0) is 9.53 Å². The Morgan fingerprint density at radius 2 is 1.81 bits per heavy atom. The molecular formula is C13H25NO2. The Kier molecular flexibility index (Phi) is 5.26. The lowest BCUT2D eigenvalue weighted by molar-refractivity contribution is -0.146. The molecule has 3 nitrogen and oxygen atoms in total. The van der Waals surface area contributed by atoms with E-state index in [9.17, 15) is 4.79 Å². The second-order valence-electron chi connectivity index (χ2n) is 5.86. The van der Waals surface area contributed by atoms with Crippen LogP contribution in [0.1, 0.15) is 46.5 Å². The van der Waals surface area contributed by atoms with E-state index in [1.165, 1.54) is 19.3 Å². The van der Waals surface area contributed by atoms with E-state index in [0.717, 1.165) is 19.6 Å². The van der Waals surface area contributed by atoms with E-state index in [-0.39, 0.29) is 11.4 Å². The van der Waals surface area contributed by atoms with Gasteiger partial charge in [0.15, 0.2) is 0 Å². The van der Waals surface area contributed by atoms with E-state index in [1.54, 1.807) is 0 Å². The monoisotopic (exact) mass is 227 g/mol. The van der Waals surface area contributed by atoms with Gasteiger partial charge in [-0.05, 0) is 31.3 Å². The van der Waals surface area contributed by atoms with Crippen LogP contribution in [0.15, 0.2) is 0 Å². The molecule has 0 unspecified atom stereocenters. The van der Waals surface area contributed by atoms with E-state index in [0.29, 0.717) is 13.0 Å². The summed E-state index contributed by atoms with van der Waals surface area (Å²) in [5.41, 5.74) is 0.0300. The highest BCUT2D eigenvalue weighted by Crippen LogP contribution is 2.18. The zero-order valence-electron chi connectivity index (χ0n) is 10.9. The highest BCUT2D eigenvalue weighted by atomic mass is 16.5. The van der Waals surface area contributed by atoms with Crippen molar-refractivity contribution in [2.45, 2.75) is 46.5 Å². The van der Waals surface area contributed by atoms with E-state index in [2.05, 4.69) is 25.7 Å². The fourth-order valence-corrected chi connectivity index (χ4v) is 1.96. The summed E-state index contributed by atoms with van der Waals surface area (Å²) in [5.74, 6) is -0.0653. The van der Waals surface area contributed by atoms with Crippen LogP contribution >= 0.6 is 0 Å². The van der Waals surface area contributed by atoms with Gasteiger partial charge in [0.2, 0.25) is 0 Å². The Morgan fingerprint density at radius 3 is 2.38 bits per heavy atom. The van der Waals surface area contributed by atoms with E-state index >= 15 is 0 Å². The molecule has 1 rings (SSSR count). The molecule has 94 valence electrons. The van der Waals surface area contributed by atoms with Gasteiger partial charge >= 0.3 is 5.97 Å². The molecule has 0 atom stereocenters. The molecule has 1 saturated heterocycles. The first-order valence-electron chi connectivity index (χ1n) is 6.35. The van der Waals surface area contributed by atoms with Gasteiger partial charge in [0, 0.05) is 6.54 Å². The summed E-state index contributed by atoms with van der Waals surface area (Å²) in [4.78, 5) is 13.8. The maximum absolute atomic E-state index is 11.5. The first kappa shape index (κ1) is 13.5. The number of hydrogen-bond acceptors (Lipinski definition) is 3. The van der Waals surface area contributed by atoms with E-state index < -0.39 is 0 Å². The predicted molar refractivity (Wildman–Crippen MR) is 65.3 cm³/mol. The summed E-state index contributed by atoms with van der Waals surface area (Å²) in [5, 5.41) is 0. The molecule has 1 heterocycles. The molecule has 0 saturated carbocycles. The van der Waals surface area contributed by atoms with Gasteiger partial charge in [0.1, 0.15) is 6.61 Å². The number of carbonyl (C=O) groups excluding carboxylic acids is 1. The van der Waals surface area contributed by atoms with E-state index in [1.807, 2.05) is 0 Å². The lowest BCUT2D eigenvalue weighted by Crippen LogP contribution is -2.33. The molecule has 0 amide bonds. The van der Waals surface area contributed by atoms with Crippen molar-refractivity contribution in [3.05, 3.63) is 0 Å². The van der Waals surface area contributed by atoms with Crippen molar-refractivity contribution in [1.82, 2.24) is 4.90 Å². The Bertz CT molecular complexity index is 214. The minimum absolute atomic E-state index is 0.0300. The van der Waals surface area contributed by atoms with Gasteiger partial charge < -0.3 is 4.74 Å². The number of hydrogen-bond donors (Lipinski definition) is 0. The van der Waals surface area contributed by atoms with Crippen molar-refractivity contribution in [3.8, 4) is 0 Å². The third-order valence-corrected chi connectivity index (χ3v) is 2.79. The summed E-state index contributed by atoms with van der Waals surface area (Å²) in [7, 11) is 0. The first-order valence-corrected chi connectivity index (χ1v) is 6.35. The zero-order chi connectivity index (χ0) is 12.0. The summed E-state index contributed by atoms with van der Waals surface area (Å²) in [6.07, 6.45) is 4.43. The number of nitrogens with zero attached hydrogens (tertiary/aromatic N) is 1. The molecule has 0 bridgehead atoms. The van der Waals surface area contributed by atoms with Crippen molar-refractivity contribution in [2.24, 2.45) is 5.41 Å². The maximum atomic E-state index is 11.5. The molecule has 0 aliphatic carbocycles. The topological polar surface area (TPSA) is 29.5 Å². The molecule has 3 heteroatoms. The minimum atomic E-state index is -0.0653. The molecule has 0 aromatic carbocycles. The number of likely N-dealkylation sites (tertiary alicyclic amines) is 1.